The van der Waals surface area contributed by atoms with Crippen LogP contribution in [0.1, 0.15) is 58.4 Å². The number of nitrogens with one attached hydrogen (secondary N) is 2. The number of fused-ring (bicyclic) bond motifs is 2. The van der Waals surface area contributed by atoms with E-state index in [0.717, 1.165) is 24.8 Å². The largest absolute Gasteiger partial charge is 0.341 e. The van der Waals surface area contributed by atoms with Crippen LogP contribution in [0.3, 0.4) is 0 Å². The van der Waals surface area contributed by atoms with Gasteiger partial charge in [0.15, 0.2) is 0 Å². The number of rotatable bonds is 3. The normalized spacial score (nSPS) is 21.2. The number of benzene rings is 3. The summed E-state index contributed by atoms with van der Waals surface area (Å²) < 4.78 is 14.7. The summed E-state index contributed by atoms with van der Waals surface area (Å²) in [5.74, 6) is -0.897. The number of hydrogen-bond acceptors (Lipinski definition) is 2. The summed E-state index contributed by atoms with van der Waals surface area (Å²) >= 11 is 9.82. The van der Waals surface area contributed by atoms with Gasteiger partial charge in [0.1, 0.15) is 5.82 Å². The van der Waals surface area contributed by atoms with Crippen LogP contribution in [0.25, 0.3) is 0 Å². The maximum Gasteiger partial charge on any atom is 0.252 e. The summed E-state index contributed by atoms with van der Waals surface area (Å²) in [7, 11) is 0. The molecular weight excluding hydrogens is 507 g/mol. The van der Waals surface area contributed by atoms with Gasteiger partial charge < -0.3 is 10.6 Å². The first-order chi connectivity index (χ1) is 15.8. The van der Waals surface area contributed by atoms with Crippen molar-refractivity contribution in [1.29, 1.82) is 0 Å². The van der Waals surface area contributed by atoms with Gasteiger partial charge in [-0.15, -0.1) is 0 Å². The molecule has 0 bridgehead atoms. The van der Waals surface area contributed by atoms with Gasteiger partial charge in [-0.1, -0.05) is 51.8 Å². The van der Waals surface area contributed by atoms with Gasteiger partial charge in [-0.25, -0.2) is 4.39 Å². The molecule has 0 radical (unpaired) electrons. The minimum Gasteiger partial charge on any atom is -0.341 e. The summed E-state index contributed by atoms with van der Waals surface area (Å²) in [6, 6.07) is 14.9. The maximum absolute atomic E-state index is 14.0. The van der Waals surface area contributed by atoms with E-state index in [1.807, 2.05) is 25.1 Å². The molecular formula is C26H21BrClFN2O2. The molecule has 2 unspecified atom stereocenters. The first-order valence-electron chi connectivity index (χ1n) is 10.8. The fourth-order valence-corrected chi connectivity index (χ4v) is 5.69. The zero-order valence-electron chi connectivity index (χ0n) is 17.8. The number of hydrogen-bond donors (Lipinski definition) is 2. The lowest BCUT2D eigenvalue weighted by Gasteiger charge is -2.35. The van der Waals surface area contributed by atoms with Crippen molar-refractivity contribution in [3.05, 3.63) is 97.7 Å². The zero-order valence-corrected chi connectivity index (χ0v) is 20.2. The highest BCUT2D eigenvalue weighted by Gasteiger charge is 2.40. The molecule has 33 heavy (non-hydrogen) atoms. The van der Waals surface area contributed by atoms with Crippen molar-refractivity contribution in [2.24, 2.45) is 0 Å². The second kappa shape index (κ2) is 8.26. The molecule has 0 saturated heterocycles. The number of anilines is 1. The second-order valence-corrected chi connectivity index (χ2v) is 10.1. The van der Waals surface area contributed by atoms with E-state index in [2.05, 4.69) is 32.6 Å². The Kier molecular flexibility index (Phi) is 5.53. The topological polar surface area (TPSA) is 58.2 Å². The highest BCUT2D eigenvalue weighted by molar-refractivity contribution is 9.10. The molecule has 3 aromatic carbocycles. The third kappa shape index (κ3) is 3.75. The lowest BCUT2D eigenvalue weighted by molar-refractivity contribution is -0.121. The number of carbonyl (C=O) groups is 2. The van der Waals surface area contributed by atoms with Gasteiger partial charge in [-0.2, -0.15) is 0 Å². The Bertz CT molecular complexity index is 1310. The van der Waals surface area contributed by atoms with Gasteiger partial charge in [0.05, 0.1) is 11.5 Å². The Hall–Kier alpha value is -2.70. The van der Waals surface area contributed by atoms with Crippen LogP contribution in [0.2, 0.25) is 5.02 Å². The van der Waals surface area contributed by atoms with E-state index in [1.165, 1.54) is 23.8 Å². The summed E-state index contributed by atoms with van der Waals surface area (Å²) in [5.41, 5.74) is 3.44. The van der Waals surface area contributed by atoms with E-state index in [-0.39, 0.29) is 11.8 Å². The fraction of sp³-hybridized carbons (Fsp3) is 0.231. The number of halogens is 3. The maximum atomic E-state index is 14.0. The quantitative estimate of drug-likeness (QED) is 0.419. The Morgan fingerprint density at radius 1 is 1.21 bits per heavy atom. The van der Waals surface area contributed by atoms with E-state index in [1.54, 1.807) is 12.1 Å². The average Bonchev–Trinajstić information content (AvgIpc) is 3.12. The van der Waals surface area contributed by atoms with Crippen LogP contribution in [0.4, 0.5) is 10.1 Å². The smallest absolute Gasteiger partial charge is 0.252 e. The van der Waals surface area contributed by atoms with Crippen molar-refractivity contribution >= 4 is 45.0 Å². The van der Waals surface area contributed by atoms with Gasteiger partial charge in [-0.05, 0) is 67.6 Å². The number of aryl methyl sites for hydroxylation is 1. The molecule has 2 N–H and O–H groups in total. The third-order valence-corrected chi connectivity index (χ3v) is 7.51. The fourth-order valence-electron chi connectivity index (χ4n) is 5.01. The van der Waals surface area contributed by atoms with Crippen molar-refractivity contribution in [2.45, 2.75) is 37.6 Å². The van der Waals surface area contributed by atoms with Crippen LogP contribution in [-0.2, 0) is 16.6 Å². The predicted molar refractivity (Wildman–Crippen MR) is 130 cm³/mol. The molecule has 1 aliphatic heterocycles. The molecule has 0 spiro atoms. The lowest BCUT2D eigenvalue weighted by Crippen LogP contribution is -2.40. The van der Waals surface area contributed by atoms with Crippen LogP contribution < -0.4 is 10.6 Å². The minimum absolute atomic E-state index is 0.140. The van der Waals surface area contributed by atoms with Crippen LogP contribution in [0.5, 0.6) is 0 Å². The average molecular weight is 528 g/mol. The number of amides is 2. The van der Waals surface area contributed by atoms with E-state index in [9.17, 15) is 14.0 Å². The molecule has 0 saturated carbocycles. The van der Waals surface area contributed by atoms with Crippen molar-refractivity contribution < 1.29 is 14.0 Å². The molecule has 1 heterocycles. The Balaban J connectivity index is 1.59. The molecule has 3 aromatic rings. The molecule has 168 valence electrons. The van der Waals surface area contributed by atoms with Crippen molar-refractivity contribution in [2.75, 3.05) is 5.32 Å². The Labute approximate surface area is 204 Å². The van der Waals surface area contributed by atoms with Gasteiger partial charge in [0.25, 0.3) is 5.91 Å². The van der Waals surface area contributed by atoms with Crippen LogP contribution >= 0.6 is 27.5 Å². The molecule has 2 amide bonds. The van der Waals surface area contributed by atoms with Crippen LogP contribution in [0.15, 0.2) is 59.1 Å². The highest BCUT2D eigenvalue weighted by atomic mass is 79.9. The van der Waals surface area contributed by atoms with Gasteiger partial charge in [0, 0.05) is 31.9 Å². The summed E-state index contributed by atoms with van der Waals surface area (Å²) in [6.07, 6.45) is 2.59. The zero-order chi connectivity index (χ0) is 23.3. The number of carbonyl (C=O) groups excluding carboxylic acids is 2. The summed E-state index contributed by atoms with van der Waals surface area (Å²) in [4.78, 5) is 26.5. The van der Waals surface area contributed by atoms with Crippen molar-refractivity contribution in [3.8, 4) is 0 Å². The van der Waals surface area contributed by atoms with Crippen molar-refractivity contribution in [1.82, 2.24) is 5.32 Å². The first kappa shape index (κ1) is 22.1. The van der Waals surface area contributed by atoms with Gasteiger partial charge in [-0.3, -0.25) is 9.59 Å². The van der Waals surface area contributed by atoms with E-state index in [4.69, 9.17) is 11.6 Å². The van der Waals surface area contributed by atoms with Crippen LogP contribution in [-0.4, -0.2) is 11.8 Å². The summed E-state index contributed by atoms with van der Waals surface area (Å²) in [5, 5.41) is 6.31. The molecule has 7 heteroatoms. The SMILES string of the molecule is CC1(C(=O)Nc2cc(Br)cc3c2C(c2cc(F)ccc2Cl)NC3=O)CCCc2ccccc21. The molecule has 2 atom stereocenters. The molecule has 1 aliphatic carbocycles. The monoisotopic (exact) mass is 526 g/mol. The Morgan fingerprint density at radius 3 is 2.82 bits per heavy atom. The minimum atomic E-state index is -0.702. The second-order valence-electron chi connectivity index (χ2n) is 8.78. The molecule has 0 aromatic heterocycles. The molecule has 2 aliphatic rings. The molecule has 4 nitrogen and oxygen atoms in total. The van der Waals surface area contributed by atoms with Gasteiger partial charge >= 0.3 is 0 Å². The van der Waals surface area contributed by atoms with E-state index in [0.29, 0.717) is 31.9 Å². The first-order valence-corrected chi connectivity index (χ1v) is 11.9. The molecule has 5 rings (SSSR count). The standard InChI is InChI=1S/C26H21BrClFN2O2/c1-26(10-4-6-14-5-2-3-7-19(14)26)25(33)30-21-12-15(27)11-18-22(21)23(31-24(18)32)17-13-16(29)8-9-20(17)28/h2-3,5,7-9,11-13,23H,4,6,10H2,1H3,(H,30,33)(H,31,32). The van der Waals surface area contributed by atoms with E-state index < -0.39 is 17.3 Å². The molecule has 0 fully saturated rings. The highest BCUT2D eigenvalue weighted by Crippen LogP contribution is 2.43. The predicted octanol–water partition coefficient (Wildman–Crippen LogP) is 6.31. The third-order valence-electron chi connectivity index (χ3n) is 6.71. The Morgan fingerprint density at radius 2 is 2.00 bits per heavy atom. The van der Waals surface area contributed by atoms with Crippen molar-refractivity contribution in [3.63, 3.8) is 0 Å². The van der Waals surface area contributed by atoms with Crippen LogP contribution in [0, 0.1) is 5.82 Å². The van der Waals surface area contributed by atoms with E-state index >= 15 is 0 Å². The summed E-state index contributed by atoms with van der Waals surface area (Å²) in [6.45, 7) is 1.96. The van der Waals surface area contributed by atoms with Gasteiger partial charge in [0.2, 0.25) is 5.91 Å². The lowest BCUT2D eigenvalue weighted by atomic mass is 9.70.